The van der Waals surface area contributed by atoms with E-state index in [4.69, 9.17) is 9.97 Å². The molecule has 6 nitrogen and oxygen atoms in total. The summed E-state index contributed by atoms with van der Waals surface area (Å²) in [4.78, 5) is 28.5. The molecular weight excluding hydrogens is 454 g/mol. The summed E-state index contributed by atoms with van der Waals surface area (Å²) >= 11 is 1.62. The van der Waals surface area contributed by atoms with Crippen molar-refractivity contribution in [1.29, 1.82) is 0 Å². The lowest BCUT2D eigenvalue weighted by Gasteiger charge is -2.18. The number of aromatic nitrogens is 3. The van der Waals surface area contributed by atoms with Gasteiger partial charge in [0.05, 0.1) is 5.69 Å². The van der Waals surface area contributed by atoms with Crippen LogP contribution in [-0.4, -0.2) is 33.9 Å². The van der Waals surface area contributed by atoms with Crippen molar-refractivity contribution < 1.29 is 4.79 Å². The summed E-state index contributed by atoms with van der Waals surface area (Å²) in [6.07, 6.45) is 5.86. The van der Waals surface area contributed by atoms with Crippen LogP contribution >= 0.6 is 11.8 Å². The Hall–Kier alpha value is -3.71. The van der Waals surface area contributed by atoms with Gasteiger partial charge in [0.25, 0.3) is 5.91 Å². The standard InChI is InChI=1S/C28H27N5OS/c34-27(30-19-21-12-14-29-15-13-21)24-10-8-22(9-11-24)20-35-28-31-25(23-6-2-1-3-7-23)18-26(32-28)33-16-4-5-17-33/h1-3,6-15,18H,4-5,16-17,19-20H2,(H,30,34). The topological polar surface area (TPSA) is 71.0 Å². The van der Waals surface area contributed by atoms with E-state index in [9.17, 15) is 4.79 Å². The molecule has 0 saturated carbocycles. The van der Waals surface area contributed by atoms with Crippen LogP contribution in [0.2, 0.25) is 0 Å². The number of carbonyl (C=O) groups is 1. The Morgan fingerprint density at radius 1 is 0.886 bits per heavy atom. The second-order valence-corrected chi connectivity index (χ2v) is 9.42. The molecule has 0 bridgehead atoms. The monoisotopic (exact) mass is 481 g/mol. The van der Waals surface area contributed by atoms with Gasteiger partial charge in [0, 0.05) is 55.0 Å². The van der Waals surface area contributed by atoms with E-state index in [0.29, 0.717) is 12.1 Å². The maximum Gasteiger partial charge on any atom is 0.251 e. The van der Waals surface area contributed by atoms with Crippen LogP contribution in [0.25, 0.3) is 11.3 Å². The van der Waals surface area contributed by atoms with Crippen LogP contribution in [0.5, 0.6) is 0 Å². The fourth-order valence-electron chi connectivity index (χ4n) is 4.03. The first-order valence-electron chi connectivity index (χ1n) is 11.8. The lowest BCUT2D eigenvalue weighted by molar-refractivity contribution is 0.0951. The molecule has 1 saturated heterocycles. The van der Waals surface area contributed by atoms with Gasteiger partial charge in [-0.05, 0) is 48.2 Å². The first-order chi connectivity index (χ1) is 17.2. The van der Waals surface area contributed by atoms with Gasteiger partial charge < -0.3 is 10.2 Å². The first-order valence-corrected chi connectivity index (χ1v) is 12.8. The molecule has 1 aliphatic rings. The largest absolute Gasteiger partial charge is 0.356 e. The highest BCUT2D eigenvalue weighted by atomic mass is 32.2. The predicted octanol–water partition coefficient (Wildman–Crippen LogP) is 5.36. The summed E-state index contributed by atoms with van der Waals surface area (Å²) in [5, 5.41) is 3.72. The molecule has 1 N–H and O–H groups in total. The number of nitrogens with zero attached hydrogens (tertiary/aromatic N) is 4. The molecule has 0 unspecified atom stereocenters. The SMILES string of the molecule is O=C(NCc1ccncc1)c1ccc(CSc2nc(-c3ccccc3)cc(N3CCCC3)n2)cc1. The van der Waals surface area contributed by atoms with E-state index < -0.39 is 0 Å². The molecule has 0 aliphatic carbocycles. The average molecular weight is 482 g/mol. The molecule has 35 heavy (non-hydrogen) atoms. The predicted molar refractivity (Wildman–Crippen MR) is 140 cm³/mol. The molecule has 0 spiro atoms. The molecule has 1 fully saturated rings. The smallest absolute Gasteiger partial charge is 0.251 e. The van der Waals surface area contributed by atoms with Gasteiger partial charge in [-0.3, -0.25) is 9.78 Å². The van der Waals surface area contributed by atoms with Gasteiger partial charge in [-0.1, -0.05) is 54.2 Å². The Morgan fingerprint density at radius 2 is 1.63 bits per heavy atom. The van der Waals surface area contributed by atoms with Crippen LogP contribution in [0.1, 0.15) is 34.3 Å². The summed E-state index contributed by atoms with van der Waals surface area (Å²) in [7, 11) is 0. The van der Waals surface area contributed by atoms with Crippen LogP contribution in [0, 0.1) is 0 Å². The molecule has 0 atom stereocenters. The summed E-state index contributed by atoms with van der Waals surface area (Å²) < 4.78 is 0. The Labute approximate surface area is 209 Å². The third kappa shape index (κ3) is 6.05. The quantitative estimate of drug-likeness (QED) is 0.270. The molecule has 7 heteroatoms. The second-order valence-electron chi connectivity index (χ2n) is 8.48. The third-order valence-corrected chi connectivity index (χ3v) is 6.90. The van der Waals surface area contributed by atoms with Gasteiger partial charge in [-0.2, -0.15) is 0 Å². The molecule has 2 aromatic heterocycles. The molecule has 0 radical (unpaired) electrons. The highest BCUT2D eigenvalue weighted by molar-refractivity contribution is 7.98. The number of carbonyl (C=O) groups excluding carboxylic acids is 1. The van der Waals surface area contributed by atoms with Gasteiger partial charge in [0.2, 0.25) is 0 Å². The average Bonchev–Trinajstić information content (AvgIpc) is 3.47. The van der Waals surface area contributed by atoms with E-state index >= 15 is 0 Å². The molecular formula is C28H27N5OS. The Kier molecular flexibility index (Phi) is 7.34. The Morgan fingerprint density at radius 3 is 2.37 bits per heavy atom. The van der Waals surface area contributed by atoms with Crippen LogP contribution < -0.4 is 10.2 Å². The zero-order chi connectivity index (χ0) is 23.9. The fourth-order valence-corrected chi connectivity index (χ4v) is 4.84. The van der Waals surface area contributed by atoms with Crippen molar-refractivity contribution >= 4 is 23.5 Å². The molecule has 3 heterocycles. The summed E-state index contributed by atoms with van der Waals surface area (Å²) in [5.74, 6) is 1.64. The minimum Gasteiger partial charge on any atom is -0.356 e. The van der Waals surface area contributed by atoms with Crippen molar-refractivity contribution in [1.82, 2.24) is 20.3 Å². The van der Waals surface area contributed by atoms with Crippen molar-refractivity contribution in [3.8, 4) is 11.3 Å². The Balaban J connectivity index is 1.25. The van der Waals surface area contributed by atoms with Crippen molar-refractivity contribution in [3.05, 3.63) is 102 Å². The number of hydrogen-bond acceptors (Lipinski definition) is 6. The second kappa shape index (κ2) is 11.1. The van der Waals surface area contributed by atoms with E-state index in [2.05, 4.69) is 33.4 Å². The van der Waals surface area contributed by atoms with Crippen molar-refractivity contribution in [2.24, 2.45) is 0 Å². The highest BCUT2D eigenvalue weighted by Crippen LogP contribution is 2.29. The lowest BCUT2D eigenvalue weighted by atomic mass is 10.1. The number of rotatable bonds is 8. The Bertz CT molecular complexity index is 1260. The van der Waals surface area contributed by atoms with Gasteiger partial charge in [0.15, 0.2) is 5.16 Å². The van der Waals surface area contributed by atoms with Crippen LogP contribution in [-0.2, 0) is 12.3 Å². The number of anilines is 1. The van der Waals surface area contributed by atoms with Crippen LogP contribution in [0.3, 0.4) is 0 Å². The third-order valence-electron chi connectivity index (χ3n) is 5.98. The van der Waals surface area contributed by atoms with E-state index in [1.54, 1.807) is 24.2 Å². The van der Waals surface area contributed by atoms with E-state index in [0.717, 1.165) is 52.2 Å². The lowest BCUT2D eigenvalue weighted by Crippen LogP contribution is -2.22. The zero-order valence-electron chi connectivity index (χ0n) is 19.4. The van der Waals surface area contributed by atoms with Gasteiger partial charge in [-0.15, -0.1) is 0 Å². The van der Waals surface area contributed by atoms with E-state index in [1.807, 2.05) is 54.6 Å². The van der Waals surface area contributed by atoms with Crippen molar-refractivity contribution in [3.63, 3.8) is 0 Å². The zero-order valence-corrected chi connectivity index (χ0v) is 20.2. The molecule has 1 aliphatic heterocycles. The summed E-state index contributed by atoms with van der Waals surface area (Å²) in [5.41, 5.74) is 4.83. The molecule has 1 amide bonds. The van der Waals surface area contributed by atoms with Crippen molar-refractivity contribution in [2.45, 2.75) is 30.3 Å². The van der Waals surface area contributed by atoms with Gasteiger partial charge >= 0.3 is 0 Å². The summed E-state index contributed by atoms with van der Waals surface area (Å²) in [6.45, 7) is 2.56. The number of nitrogens with one attached hydrogen (secondary N) is 1. The van der Waals surface area contributed by atoms with E-state index in [-0.39, 0.29) is 5.91 Å². The first kappa shape index (κ1) is 23.1. The number of pyridine rings is 1. The fraction of sp³-hybridized carbons (Fsp3) is 0.214. The van der Waals surface area contributed by atoms with Crippen LogP contribution in [0.4, 0.5) is 5.82 Å². The van der Waals surface area contributed by atoms with Gasteiger partial charge in [-0.25, -0.2) is 9.97 Å². The normalized spacial score (nSPS) is 13.1. The summed E-state index contributed by atoms with van der Waals surface area (Å²) in [6, 6.07) is 23.9. The van der Waals surface area contributed by atoms with Gasteiger partial charge in [0.1, 0.15) is 5.82 Å². The van der Waals surface area contributed by atoms with Crippen molar-refractivity contribution in [2.75, 3.05) is 18.0 Å². The maximum absolute atomic E-state index is 12.5. The molecule has 2 aromatic carbocycles. The number of hydrogen-bond donors (Lipinski definition) is 1. The molecule has 4 aromatic rings. The minimum absolute atomic E-state index is 0.0878. The molecule has 5 rings (SSSR count). The number of thioether (sulfide) groups is 1. The number of amides is 1. The highest BCUT2D eigenvalue weighted by Gasteiger charge is 2.17. The number of benzene rings is 2. The van der Waals surface area contributed by atoms with Crippen LogP contribution in [0.15, 0.2) is 90.3 Å². The van der Waals surface area contributed by atoms with E-state index in [1.165, 1.54) is 12.8 Å². The minimum atomic E-state index is -0.0878. The maximum atomic E-state index is 12.5. The molecule has 176 valence electrons.